The zero-order valence-corrected chi connectivity index (χ0v) is 13.8. The van der Waals surface area contributed by atoms with Crippen LogP contribution in [-0.2, 0) is 14.6 Å². The summed E-state index contributed by atoms with van der Waals surface area (Å²) >= 11 is 0. The van der Waals surface area contributed by atoms with E-state index in [-0.39, 0.29) is 11.5 Å². The summed E-state index contributed by atoms with van der Waals surface area (Å²) in [5.74, 6) is -0.954. The molecule has 0 heterocycles. The Hall–Kier alpha value is -2.23. The molecule has 0 spiro atoms. The van der Waals surface area contributed by atoms with E-state index in [0.717, 1.165) is 0 Å². The van der Waals surface area contributed by atoms with Crippen LogP contribution in [0.1, 0.15) is 11.5 Å². The van der Waals surface area contributed by atoms with Crippen LogP contribution in [0.4, 0.5) is 4.39 Å². The van der Waals surface area contributed by atoms with Crippen LogP contribution in [0.2, 0.25) is 0 Å². The van der Waals surface area contributed by atoms with Gasteiger partial charge in [-0.2, -0.15) is 5.26 Å². The van der Waals surface area contributed by atoms with Crippen molar-refractivity contribution in [3.63, 3.8) is 0 Å². The molecular formula is C18H16FNO3S. The van der Waals surface area contributed by atoms with Crippen LogP contribution in [0.3, 0.4) is 0 Å². The molecule has 1 aliphatic carbocycles. The van der Waals surface area contributed by atoms with Gasteiger partial charge in [0.15, 0.2) is 9.84 Å². The van der Waals surface area contributed by atoms with Crippen LogP contribution < -0.4 is 0 Å². The van der Waals surface area contributed by atoms with Crippen LogP contribution in [0, 0.1) is 22.6 Å². The molecule has 24 heavy (non-hydrogen) atoms. The highest BCUT2D eigenvalue weighted by Gasteiger charge is 2.72. The highest BCUT2D eigenvalue weighted by molar-refractivity contribution is 7.92. The molecule has 1 saturated carbocycles. The number of hydrogen-bond acceptors (Lipinski definition) is 4. The number of nitriles is 1. The summed E-state index contributed by atoms with van der Waals surface area (Å²) in [7, 11) is -2.28. The monoisotopic (exact) mass is 345 g/mol. The lowest BCUT2D eigenvalue weighted by atomic mass is 10.0. The number of benzene rings is 2. The topological polar surface area (TPSA) is 67.2 Å². The number of nitrogens with zero attached hydrogens (tertiary/aromatic N) is 1. The fraction of sp³-hybridized carbons (Fsp3) is 0.278. The average Bonchev–Trinajstić information content (AvgIpc) is 3.26. The van der Waals surface area contributed by atoms with Gasteiger partial charge in [-0.15, -0.1) is 0 Å². The molecule has 1 aliphatic rings. The minimum Gasteiger partial charge on any atom is -0.383 e. The minimum atomic E-state index is -3.71. The second-order valence-electron chi connectivity index (χ2n) is 5.89. The van der Waals surface area contributed by atoms with E-state index in [1.54, 1.807) is 18.2 Å². The zero-order valence-electron chi connectivity index (χ0n) is 13.0. The number of methoxy groups -OCH3 is 1. The van der Waals surface area contributed by atoms with Crippen LogP contribution in [0.15, 0.2) is 59.5 Å². The molecule has 0 unspecified atom stereocenters. The molecule has 0 saturated heterocycles. The van der Waals surface area contributed by atoms with E-state index in [1.807, 2.05) is 0 Å². The van der Waals surface area contributed by atoms with Gasteiger partial charge in [-0.3, -0.25) is 0 Å². The number of rotatable bonds is 5. The molecule has 0 aliphatic heterocycles. The second kappa shape index (κ2) is 6.00. The predicted molar refractivity (Wildman–Crippen MR) is 86.5 cm³/mol. The maximum atomic E-state index is 13.2. The van der Waals surface area contributed by atoms with Crippen LogP contribution in [0.5, 0.6) is 0 Å². The molecule has 0 N–H and O–H groups in total. The van der Waals surface area contributed by atoms with Gasteiger partial charge in [-0.25, -0.2) is 12.8 Å². The van der Waals surface area contributed by atoms with E-state index in [2.05, 4.69) is 6.07 Å². The van der Waals surface area contributed by atoms with Crippen molar-refractivity contribution in [3.05, 3.63) is 66.0 Å². The highest BCUT2D eigenvalue weighted by atomic mass is 32.2. The van der Waals surface area contributed by atoms with Gasteiger partial charge < -0.3 is 4.74 Å². The lowest BCUT2D eigenvalue weighted by Gasteiger charge is -2.08. The van der Waals surface area contributed by atoms with Crippen LogP contribution in [0.25, 0.3) is 0 Å². The van der Waals surface area contributed by atoms with E-state index in [9.17, 15) is 18.1 Å². The van der Waals surface area contributed by atoms with Gasteiger partial charge in [-0.05, 0) is 29.8 Å². The molecule has 0 radical (unpaired) electrons. The normalized spacial score (nSPS) is 25.9. The molecule has 0 bridgehead atoms. The fourth-order valence-corrected chi connectivity index (χ4v) is 5.67. The Labute approximate surface area is 140 Å². The summed E-state index contributed by atoms with van der Waals surface area (Å²) in [5.41, 5.74) is -0.541. The van der Waals surface area contributed by atoms with Gasteiger partial charge in [0.1, 0.15) is 11.2 Å². The second-order valence-corrected chi connectivity index (χ2v) is 7.96. The first-order valence-corrected chi connectivity index (χ1v) is 8.96. The minimum absolute atomic E-state index is 0.00226. The summed E-state index contributed by atoms with van der Waals surface area (Å²) in [6, 6.07) is 15.8. The van der Waals surface area contributed by atoms with Crippen molar-refractivity contribution in [2.45, 2.75) is 16.1 Å². The Kier molecular flexibility index (Phi) is 4.16. The number of sulfone groups is 1. The van der Waals surface area contributed by atoms with Gasteiger partial charge in [0.25, 0.3) is 0 Å². The van der Waals surface area contributed by atoms with Crippen molar-refractivity contribution in [2.75, 3.05) is 13.7 Å². The quantitative estimate of drug-likeness (QED) is 0.836. The molecule has 0 amide bonds. The van der Waals surface area contributed by atoms with Gasteiger partial charge in [0.2, 0.25) is 0 Å². The first kappa shape index (κ1) is 16.6. The SMILES string of the molecule is COC[C@@]1(C#N)[C@@H](c2ccc(F)cc2)[C@@H]1S(=O)(=O)c1ccccc1. The molecule has 3 rings (SSSR count). The maximum Gasteiger partial charge on any atom is 0.183 e. The van der Waals surface area contributed by atoms with Crippen molar-refractivity contribution < 1.29 is 17.5 Å². The first-order chi connectivity index (χ1) is 11.5. The fourth-order valence-electron chi connectivity index (χ4n) is 3.34. The van der Waals surface area contributed by atoms with Crippen molar-refractivity contribution in [1.82, 2.24) is 0 Å². The molecule has 4 nitrogen and oxygen atoms in total. The predicted octanol–water partition coefficient (Wildman–Crippen LogP) is 2.92. The molecule has 0 aromatic heterocycles. The van der Waals surface area contributed by atoms with Crippen molar-refractivity contribution >= 4 is 9.84 Å². The van der Waals surface area contributed by atoms with Crippen molar-refractivity contribution in [2.24, 2.45) is 5.41 Å². The Morgan fingerprint density at radius 1 is 1.17 bits per heavy atom. The molecule has 124 valence electrons. The van der Waals surface area contributed by atoms with E-state index in [1.165, 1.54) is 43.5 Å². The number of hydrogen-bond donors (Lipinski definition) is 0. The summed E-state index contributed by atoms with van der Waals surface area (Å²) in [6.07, 6.45) is 0. The van der Waals surface area contributed by atoms with E-state index in [4.69, 9.17) is 4.74 Å². The molecule has 6 heteroatoms. The number of halogens is 1. The highest BCUT2D eigenvalue weighted by Crippen LogP contribution is 2.63. The number of ether oxygens (including phenoxy) is 1. The molecule has 3 atom stereocenters. The first-order valence-electron chi connectivity index (χ1n) is 7.42. The summed E-state index contributed by atoms with van der Waals surface area (Å²) in [6.45, 7) is 0.00226. The smallest absolute Gasteiger partial charge is 0.183 e. The van der Waals surface area contributed by atoms with Crippen molar-refractivity contribution in [1.29, 1.82) is 5.26 Å². The summed E-state index contributed by atoms with van der Waals surface area (Å²) in [5, 5.41) is 8.77. The average molecular weight is 345 g/mol. The van der Waals surface area contributed by atoms with Crippen LogP contribution in [-0.4, -0.2) is 27.4 Å². The largest absolute Gasteiger partial charge is 0.383 e. The van der Waals surface area contributed by atoms with E-state index >= 15 is 0 Å². The Bertz CT molecular complexity index is 875. The summed E-state index contributed by atoms with van der Waals surface area (Å²) in [4.78, 5) is 0.176. The van der Waals surface area contributed by atoms with Gasteiger partial charge in [0.05, 0.1) is 22.8 Å². The maximum absolute atomic E-state index is 13.2. The Balaban J connectivity index is 2.08. The standard InChI is InChI=1S/C18H16FNO3S/c1-23-12-18(11-20)16(13-7-9-14(19)10-8-13)17(18)24(21,22)15-5-3-2-4-6-15/h2-10,16-17H,12H2,1H3/t16-,17-,18-/m0/s1. The Morgan fingerprint density at radius 2 is 1.79 bits per heavy atom. The third kappa shape index (κ3) is 2.50. The zero-order chi connectivity index (χ0) is 17.4. The molecule has 2 aromatic carbocycles. The molecular weight excluding hydrogens is 329 g/mol. The molecule has 1 fully saturated rings. The molecule has 2 aromatic rings. The van der Waals surface area contributed by atoms with Gasteiger partial charge in [-0.1, -0.05) is 30.3 Å². The van der Waals surface area contributed by atoms with Crippen molar-refractivity contribution in [3.8, 4) is 6.07 Å². The summed E-state index contributed by atoms with van der Waals surface area (Å²) < 4.78 is 44.3. The lowest BCUT2D eigenvalue weighted by Crippen LogP contribution is -2.19. The van der Waals surface area contributed by atoms with E-state index in [0.29, 0.717) is 5.56 Å². The van der Waals surface area contributed by atoms with Crippen LogP contribution >= 0.6 is 0 Å². The third-order valence-corrected chi connectivity index (χ3v) is 6.77. The lowest BCUT2D eigenvalue weighted by molar-refractivity contribution is 0.162. The van der Waals surface area contributed by atoms with E-state index < -0.39 is 32.2 Å². The Morgan fingerprint density at radius 3 is 2.33 bits per heavy atom. The van der Waals surface area contributed by atoms with Gasteiger partial charge in [0, 0.05) is 13.0 Å². The van der Waals surface area contributed by atoms with Gasteiger partial charge >= 0.3 is 0 Å². The third-order valence-electron chi connectivity index (χ3n) is 4.48.